The molecule has 7 nitrogen and oxygen atoms in total. The second-order valence-corrected chi connectivity index (χ2v) is 7.47. The van der Waals surface area contributed by atoms with Crippen LogP contribution in [-0.2, 0) is 16.1 Å². The predicted molar refractivity (Wildman–Crippen MR) is 115 cm³/mol. The molecule has 1 aliphatic rings. The standard InChI is InChI=1S/C23H24N4O3/c1-15-5-4-8-20-16(15)11-13-27(20)14-12-24-21(28)10-9-19-23(30)25-18-7-3-2-6-17(18)22(29)26-19/h2-8,11,13,19H,9-10,12,14H2,1H3,(H,24,28)(H,25,30)(H,26,29). The molecule has 0 radical (unpaired) electrons. The van der Waals surface area contributed by atoms with E-state index in [0.29, 0.717) is 24.3 Å². The maximum absolute atomic E-state index is 12.4. The van der Waals surface area contributed by atoms with Crippen LogP contribution in [0.25, 0.3) is 10.9 Å². The van der Waals surface area contributed by atoms with Gasteiger partial charge in [0.25, 0.3) is 5.91 Å². The molecule has 1 unspecified atom stereocenters. The number of nitrogens with one attached hydrogen (secondary N) is 3. The summed E-state index contributed by atoms with van der Waals surface area (Å²) in [5.41, 5.74) is 3.27. The monoisotopic (exact) mass is 404 g/mol. The van der Waals surface area contributed by atoms with Crippen LogP contribution in [0.15, 0.2) is 54.7 Å². The number of nitrogens with zero attached hydrogens (tertiary/aromatic N) is 1. The number of aryl methyl sites for hydroxylation is 1. The Balaban J connectivity index is 1.28. The minimum Gasteiger partial charge on any atom is -0.354 e. The molecule has 154 valence electrons. The first kappa shape index (κ1) is 19.7. The van der Waals surface area contributed by atoms with Crippen LogP contribution in [0.3, 0.4) is 0 Å². The number of aromatic nitrogens is 1. The van der Waals surface area contributed by atoms with Gasteiger partial charge in [-0.05, 0) is 43.2 Å². The van der Waals surface area contributed by atoms with Crippen LogP contribution in [0.4, 0.5) is 5.69 Å². The molecule has 0 saturated heterocycles. The largest absolute Gasteiger partial charge is 0.354 e. The van der Waals surface area contributed by atoms with Gasteiger partial charge < -0.3 is 20.5 Å². The van der Waals surface area contributed by atoms with E-state index in [1.807, 2.05) is 12.3 Å². The number of fused-ring (bicyclic) bond motifs is 2. The van der Waals surface area contributed by atoms with Crippen molar-refractivity contribution in [3.05, 3.63) is 65.9 Å². The van der Waals surface area contributed by atoms with Crippen molar-refractivity contribution in [2.24, 2.45) is 0 Å². The van der Waals surface area contributed by atoms with E-state index in [4.69, 9.17) is 0 Å². The first-order valence-electron chi connectivity index (χ1n) is 10.0. The van der Waals surface area contributed by atoms with Crippen LogP contribution in [0.5, 0.6) is 0 Å². The summed E-state index contributed by atoms with van der Waals surface area (Å²) in [6.07, 6.45) is 2.41. The maximum Gasteiger partial charge on any atom is 0.254 e. The first-order chi connectivity index (χ1) is 14.5. The lowest BCUT2D eigenvalue weighted by Gasteiger charge is -2.14. The summed E-state index contributed by atoms with van der Waals surface area (Å²) in [6, 6.07) is 14.4. The van der Waals surface area contributed by atoms with Crippen molar-refractivity contribution in [1.82, 2.24) is 15.2 Å². The molecule has 2 heterocycles. The maximum atomic E-state index is 12.4. The van der Waals surface area contributed by atoms with Gasteiger partial charge in [0.05, 0.1) is 11.3 Å². The minimum atomic E-state index is -0.744. The average Bonchev–Trinajstić information content (AvgIpc) is 3.10. The van der Waals surface area contributed by atoms with E-state index < -0.39 is 6.04 Å². The van der Waals surface area contributed by atoms with E-state index in [1.54, 1.807) is 24.3 Å². The second-order valence-electron chi connectivity index (χ2n) is 7.47. The van der Waals surface area contributed by atoms with E-state index in [-0.39, 0.29) is 30.6 Å². The fourth-order valence-electron chi connectivity index (χ4n) is 3.77. The molecular formula is C23H24N4O3. The van der Waals surface area contributed by atoms with Crippen molar-refractivity contribution in [2.75, 3.05) is 11.9 Å². The number of rotatable bonds is 6. The number of hydrogen-bond acceptors (Lipinski definition) is 3. The normalized spacial score (nSPS) is 15.8. The molecule has 7 heteroatoms. The van der Waals surface area contributed by atoms with Gasteiger partial charge in [0.15, 0.2) is 0 Å². The number of carbonyl (C=O) groups excluding carboxylic acids is 3. The molecule has 2 aromatic carbocycles. The van der Waals surface area contributed by atoms with Crippen LogP contribution < -0.4 is 16.0 Å². The van der Waals surface area contributed by atoms with Gasteiger partial charge >= 0.3 is 0 Å². The summed E-state index contributed by atoms with van der Waals surface area (Å²) in [7, 11) is 0. The van der Waals surface area contributed by atoms with Crippen molar-refractivity contribution in [2.45, 2.75) is 32.4 Å². The molecule has 3 aromatic rings. The molecule has 0 bridgehead atoms. The molecule has 0 aliphatic carbocycles. The van der Waals surface area contributed by atoms with Gasteiger partial charge in [0.2, 0.25) is 11.8 Å². The summed E-state index contributed by atoms with van der Waals surface area (Å²) in [5.74, 6) is -0.772. The van der Waals surface area contributed by atoms with E-state index in [0.717, 1.165) is 5.52 Å². The summed E-state index contributed by atoms with van der Waals surface area (Å²) in [4.78, 5) is 37.0. The zero-order valence-corrected chi connectivity index (χ0v) is 16.8. The van der Waals surface area contributed by atoms with Gasteiger partial charge in [-0.2, -0.15) is 0 Å². The van der Waals surface area contributed by atoms with Crippen LogP contribution >= 0.6 is 0 Å². The van der Waals surface area contributed by atoms with Crippen molar-refractivity contribution in [3.8, 4) is 0 Å². The third kappa shape index (κ3) is 4.05. The lowest BCUT2D eigenvalue weighted by atomic mass is 10.1. The molecule has 3 N–H and O–H groups in total. The second kappa shape index (κ2) is 8.41. The number of benzene rings is 2. The zero-order chi connectivity index (χ0) is 21.1. The minimum absolute atomic E-state index is 0.147. The number of amides is 3. The molecule has 0 saturated carbocycles. The van der Waals surface area contributed by atoms with Crippen LogP contribution in [-0.4, -0.2) is 34.9 Å². The molecule has 30 heavy (non-hydrogen) atoms. The molecule has 1 aromatic heterocycles. The molecule has 3 amide bonds. The Morgan fingerprint density at radius 2 is 1.93 bits per heavy atom. The van der Waals surface area contributed by atoms with Gasteiger partial charge in [-0.3, -0.25) is 14.4 Å². The molecule has 0 fully saturated rings. The summed E-state index contributed by atoms with van der Waals surface area (Å²) in [5, 5.41) is 9.56. The van der Waals surface area contributed by atoms with Gasteiger partial charge in [0.1, 0.15) is 6.04 Å². The Hall–Kier alpha value is -3.61. The van der Waals surface area contributed by atoms with Crippen LogP contribution in [0, 0.1) is 6.92 Å². The lowest BCUT2D eigenvalue weighted by Crippen LogP contribution is -2.42. The smallest absolute Gasteiger partial charge is 0.254 e. The van der Waals surface area contributed by atoms with Crippen LogP contribution in [0.1, 0.15) is 28.8 Å². The Morgan fingerprint density at radius 3 is 2.80 bits per heavy atom. The Morgan fingerprint density at radius 1 is 1.10 bits per heavy atom. The highest BCUT2D eigenvalue weighted by atomic mass is 16.2. The molecule has 1 atom stereocenters. The molecule has 4 rings (SSSR count). The highest BCUT2D eigenvalue weighted by Gasteiger charge is 2.27. The van der Waals surface area contributed by atoms with Crippen molar-refractivity contribution in [1.29, 1.82) is 0 Å². The number of para-hydroxylation sites is 1. The highest BCUT2D eigenvalue weighted by Crippen LogP contribution is 2.20. The van der Waals surface area contributed by atoms with Crippen molar-refractivity contribution < 1.29 is 14.4 Å². The Kier molecular flexibility index (Phi) is 5.52. The summed E-state index contributed by atoms with van der Waals surface area (Å²) in [6.45, 7) is 3.23. The van der Waals surface area contributed by atoms with Gasteiger partial charge in [-0.1, -0.05) is 24.3 Å². The van der Waals surface area contributed by atoms with E-state index in [1.165, 1.54) is 10.9 Å². The van der Waals surface area contributed by atoms with Crippen molar-refractivity contribution in [3.63, 3.8) is 0 Å². The summed E-state index contributed by atoms with van der Waals surface area (Å²) >= 11 is 0. The summed E-state index contributed by atoms with van der Waals surface area (Å²) < 4.78 is 2.11. The van der Waals surface area contributed by atoms with E-state index in [9.17, 15) is 14.4 Å². The van der Waals surface area contributed by atoms with Gasteiger partial charge in [-0.15, -0.1) is 0 Å². The zero-order valence-electron chi connectivity index (χ0n) is 16.8. The van der Waals surface area contributed by atoms with Crippen molar-refractivity contribution >= 4 is 34.3 Å². The Bertz CT molecular complexity index is 1120. The van der Waals surface area contributed by atoms with E-state index in [2.05, 4.69) is 45.6 Å². The number of hydrogen-bond donors (Lipinski definition) is 3. The average molecular weight is 404 g/mol. The fraction of sp³-hybridized carbons (Fsp3) is 0.261. The SMILES string of the molecule is Cc1cccc2c1ccn2CCNC(=O)CCC1NC(=O)c2ccccc2NC1=O. The topological polar surface area (TPSA) is 92.2 Å². The molecular weight excluding hydrogens is 380 g/mol. The fourth-order valence-corrected chi connectivity index (χ4v) is 3.77. The predicted octanol–water partition coefficient (Wildman–Crippen LogP) is 2.60. The van der Waals surface area contributed by atoms with Crippen LogP contribution in [0.2, 0.25) is 0 Å². The number of anilines is 1. The third-order valence-electron chi connectivity index (χ3n) is 5.42. The molecule has 1 aliphatic heterocycles. The third-order valence-corrected chi connectivity index (χ3v) is 5.42. The Labute approximate surface area is 174 Å². The quantitative estimate of drug-likeness (QED) is 0.590. The van der Waals surface area contributed by atoms with E-state index >= 15 is 0 Å². The first-order valence-corrected chi connectivity index (χ1v) is 10.0. The highest BCUT2D eigenvalue weighted by molar-refractivity contribution is 6.09. The number of carbonyl (C=O) groups is 3. The van der Waals surface area contributed by atoms with Gasteiger partial charge in [-0.25, -0.2) is 0 Å². The van der Waals surface area contributed by atoms with Gasteiger partial charge in [0, 0.05) is 36.6 Å². The molecule has 0 spiro atoms. The lowest BCUT2D eigenvalue weighted by molar-refractivity contribution is -0.121.